The molecule has 1 fully saturated rings. The number of rotatable bonds is 8. The number of halogens is 1. The summed E-state index contributed by atoms with van der Waals surface area (Å²) in [5.74, 6) is 0.896. The van der Waals surface area contributed by atoms with E-state index in [2.05, 4.69) is 31.8 Å². The minimum Gasteiger partial charge on any atom is -0.490 e. The van der Waals surface area contributed by atoms with Crippen LogP contribution in [0.5, 0.6) is 11.5 Å². The third-order valence-corrected chi connectivity index (χ3v) is 5.29. The first-order chi connectivity index (χ1) is 13.9. The molecule has 1 amide bonds. The van der Waals surface area contributed by atoms with Crippen molar-refractivity contribution in [3.63, 3.8) is 0 Å². The van der Waals surface area contributed by atoms with Crippen LogP contribution in [0.25, 0.3) is 0 Å². The summed E-state index contributed by atoms with van der Waals surface area (Å²) in [7, 11) is 3.37. The predicted molar refractivity (Wildman–Crippen MR) is 123 cm³/mol. The lowest BCUT2D eigenvalue weighted by Crippen LogP contribution is -2.40. The molecule has 0 spiro atoms. The van der Waals surface area contributed by atoms with E-state index in [1.54, 1.807) is 20.3 Å². The molecule has 29 heavy (non-hydrogen) atoms. The number of likely N-dealkylation sites (N-methyl/N-ethyl adjacent to an activating group) is 1. The normalized spacial score (nSPS) is 14.5. The molecule has 2 N–H and O–H groups in total. The zero-order valence-electron chi connectivity index (χ0n) is 17.2. The second kappa shape index (κ2) is 12.0. The summed E-state index contributed by atoms with van der Waals surface area (Å²) in [4.78, 5) is 13.3. The van der Waals surface area contributed by atoms with Crippen molar-refractivity contribution in [2.45, 2.75) is 45.1 Å². The minimum atomic E-state index is -0.131. The second-order valence-electron chi connectivity index (χ2n) is 7.02. The van der Waals surface area contributed by atoms with Crippen LogP contribution >= 0.6 is 28.1 Å². The molecule has 0 aromatic heterocycles. The van der Waals surface area contributed by atoms with Crippen LogP contribution in [0, 0.1) is 0 Å². The van der Waals surface area contributed by atoms with Crippen LogP contribution in [-0.4, -0.2) is 55.5 Å². The van der Waals surface area contributed by atoms with Gasteiger partial charge in [0.05, 0.1) is 17.3 Å². The van der Waals surface area contributed by atoms with E-state index < -0.39 is 0 Å². The average molecular weight is 485 g/mol. The molecule has 1 saturated carbocycles. The van der Waals surface area contributed by atoms with E-state index in [0.29, 0.717) is 33.7 Å². The second-order valence-corrected chi connectivity index (χ2v) is 8.28. The van der Waals surface area contributed by atoms with Crippen molar-refractivity contribution in [1.82, 2.24) is 15.6 Å². The van der Waals surface area contributed by atoms with Crippen molar-refractivity contribution in [2.75, 3.05) is 27.3 Å². The smallest absolute Gasteiger partial charge is 0.259 e. The van der Waals surface area contributed by atoms with Gasteiger partial charge in [-0.2, -0.15) is 5.10 Å². The molecule has 0 saturated heterocycles. The van der Waals surface area contributed by atoms with E-state index >= 15 is 0 Å². The van der Waals surface area contributed by atoms with Gasteiger partial charge >= 0.3 is 0 Å². The Kier molecular flexibility index (Phi) is 9.66. The highest BCUT2D eigenvalue weighted by molar-refractivity contribution is 9.10. The summed E-state index contributed by atoms with van der Waals surface area (Å²) >= 11 is 8.81. The molecular formula is C20H29BrN4O3S. The zero-order chi connectivity index (χ0) is 21.2. The van der Waals surface area contributed by atoms with Gasteiger partial charge in [-0.25, -0.2) is 0 Å². The number of carbonyl (C=O) groups excluding carboxylic acids is 1. The standard InChI is InChI=1S/C20H29BrN4O3S/c1-4-27-17-11-14(10-16(21)19(17)28-13-18(26)25(2)3)12-22-24-20(29)23-15-8-6-5-7-9-15/h10-12,15H,4-9,13H2,1-3H3,(H2,23,24,29)/b22-12-. The van der Waals surface area contributed by atoms with Gasteiger partial charge in [0, 0.05) is 20.1 Å². The third-order valence-electron chi connectivity index (χ3n) is 4.49. The van der Waals surface area contributed by atoms with E-state index in [1.807, 2.05) is 19.1 Å². The van der Waals surface area contributed by atoms with Crippen molar-refractivity contribution in [3.8, 4) is 11.5 Å². The molecule has 0 atom stereocenters. The Hall–Kier alpha value is -1.87. The molecule has 9 heteroatoms. The minimum absolute atomic E-state index is 0.0677. The third kappa shape index (κ3) is 7.81. The molecule has 1 aromatic rings. The number of benzene rings is 1. The van der Waals surface area contributed by atoms with E-state index in [4.69, 9.17) is 21.7 Å². The first-order valence-electron chi connectivity index (χ1n) is 9.79. The molecule has 0 radical (unpaired) electrons. The zero-order valence-corrected chi connectivity index (χ0v) is 19.6. The topological polar surface area (TPSA) is 75.2 Å². The Bertz CT molecular complexity index is 737. The first-order valence-corrected chi connectivity index (χ1v) is 11.0. The van der Waals surface area contributed by atoms with Crippen molar-refractivity contribution < 1.29 is 14.3 Å². The van der Waals surface area contributed by atoms with Crippen LogP contribution in [0.3, 0.4) is 0 Å². The lowest BCUT2D eigenvalue weighted by Gasteiger charge is -2.23. The number of hydrogen-bond donors (Lipinski definition) is 2. The maximum absolute atomic E-state index is 11.8. The molecule has 0 aliphatic heterocycles. The fraction of sp³-hybridized carbons (Fsp3) is 0.550. The Labute approximate surface area is 186 Å². The van der Waals surface area contributed by atoms with Crippen LogP contribution in [0.15, 0.2) is 21.7 Å². The van der Waals surface area contributed by atoms with Gasteiger partial charge < -0.3 is 19.7 Å². The van der Waals surface area contributed by atoms with Gasteiger partial charge in [0.25, 0.3) is 5.91 Å². The van der Waals surface area contributed by atoms with E-state index in [9.17, 15) is 4.79 Å². The molecule has 2 rings (SSSR count). The van der Waals surface area contributed by atoms with Gasteiger partial charge in [-0.1, -0.05) is 19.3 Å². The number of nitrogens with zero attached hydrogens (tertiary/aromatic N) is 2. The molecule has 0 heterocycles. The SMILES string of the molecule is CCOc1cc(/C=N\NC(=S)NC2CCCCC2)cc(Br)c1OCC(=O)N(C)C. The summed E-state index contributed by atoms with van der Waals surface area (Å²) in [6, 6.07) is 4.09. The number of hydrazone groups is 1. The highest BCUT2D eigenvalue weighted by Gasteiger charge is 2.15. The van der Waals surface area contributed by atoms with Crippen LogP contribution < -0.4 is 20.2 Å². The summed E-state index contributed by atoms with van der Waals surface area (Å²) in [5, 5.41) is 8.06. The lowest BCUT2D eigenvalue weighted by atomic mass is 9.96. The van der Waals surface area contributed by atoms with Crippen LogP contribution in [0.4, 0.5) is 0 Å². The van der Waals surface area contributed by atoms with Crippen molar-refractivity contribution in [1.29, 1.82) is 0 Å². The summed E-state index contributed by atoms with van der Waals surface area (Å²) in [6.45, 7) is 2.29. The van der Waals surface area contributed by atoms with Crippen molar-refractivity contribution in [3.05, 3.63) is 22.2 Å². The van der Waals surface area contributed by atoms with E-state index in [0.717, 1.165) is 18.4 Å². The van der Waals surface area contributed by atoms with Gasteiger partial charge in [-0.05, 0) is 65.6 Å². The van der Waals surface area contributed by atoms with Gasteiger partial charge in [0.15, 0.2) is 23.2 Å². The Morgan fingerprint density at radius 1 is 1.31 bits per heavy atom. The van der Waals surface area contributed by atoms with Gasteiger partial charge in [0.1, 0.15) is 0 Å². The molecule has 0 unspecified atom stereocenters. The number of amides is 1. The molecule has 0 bridgehead atoms. The maximum atomic E-state index is 11.8. The Morgan fingerprint density at radius 3 is 2.69 bits per heavy atom. The fourth-order valence-corrected chi connectivity index (χ4v) is 3.75. The fourth-order valence-electron chi connectivity index (χ4n) is 2.96. The van der Waals surface area contributed by atoms with Crippen molar-refractivity contribution >= 4 is 45.4 Å². The Balaban J connectivity index is 1.99. The average Bonchev–Trinajstić information content (AvgIpc) is 2.68. The van der Waals surface area contributed by atoms with E-state index in [-0.39, 0.29) is 12.5 Å². The summed E-state index contributed by atoms with van der Waals surface area (Å²) in [6.07, 6.45) is 7.74. The number of nitrogens with one attached hydrogen (secondary N) is 2. The molecule has 160 valence electrons. The molecule has 7 nitrogen and oxygen atoms in total. The summed E-state index contributed by atoms with van der Waals surface area (Å²) in [5.41, 5.74) is 3.67. The van der Waals surface area contributed by atoms with Gasteiger partial charge in [-0.3, -0.25) is 10.2 Å². The highest BCUT2D eigenvalue weighted by Crippen LogP contribution is 2.36. The summed E-state index contributed by atoms with van der Waals surface area (Å²) < 4.78 is 12.0. The molecular weight excluding hydrogens is 456 g/mol. The number of ether oxygens (including phenoxy) is 2. The monoisotopic (exact) mass is 484 g/mol. The number of thiocarbonyl (C=S) groups is 1. The van der Waals surface area contributed by atoms with Crippen LogP contribution in [0.1, 0.15) is 44.6 Å². The number of carbonyl (C=O) groups is 1. The predicted octanol–water partition coefficient (Wildman–Crippen LogP) is 3.45. The lowest BCUT2D eigenvalue weighted by molar-refractivity contribution is -0.130. The Morgan fingerprint density at radius 2 is 2.03 bits per heavy atom. The molecule has 1 aliphatic rings. The van der Waals surface area contributed by atoms with Gasteiger partial charge in [-0.15, -0.1) is 0 Å². The highest BCUT2D eigenvalue weighted by atomic mass is 79.9. The molecule has 1 aromatic carbocycles. The largest absolute Gasteiger partial charge is 0.490 e. The van der Waals surface area contributed by atoms with Gasteiger partial charge in [0.2, 0.25) is 0 Å². The molecule has 1 aliphatic carbocycles. The van der Waals surface area contributed by atoms with Crippen LogP contribution in [-0.2, 0) is 4.79 Å². The maximum Gasteiger partial charge on any atom is 0.259 e. The van der Waals surface area contributed by atoms with Crippen molar-refractivity contribution in [2.24, 2.45) is 5.10 Å². The number of hydrogen-bond acceptors (Lipinski definition) is 5. The van der Waals surface area contributed by atoms with Crippen LogP contribution in [0.2, 0.25) is 0 Å². The quantitative estimate of drug-likeness (QED) is 0.334. The first kappa shape index (κ1) is 23.4. The van der Waals surface area contributed by atoms with E-state index in [1.165, 1.54) is 24.2 Å².